The average molecular weight is 586 g/mol. The van der Waals surface area contributed by atoms with Crippen LogP contribution in [0.1, 0.15) is 22.3 Å². The molecule has 4 aromatic rings. The molecule has 210 valence electrons. The normalized spacial score (nSPS) is 14.2. The number of H-pyrrole nitrogens is 1. The van der Waals surface area contributed by atoms with Gasteiger partial charge in [-0.15, -0.1) is 0 Å². The minimum absolute atomic E-state index is 0.0218. The Kier molecular flexibility index (Phi) is 7.68. The molecule has 2 aromatic heterocycles. The third-order valence-electron chi connectivity index (χ3n) is 6.73. The highest BCUT2D eigenvalue weighted by Crippen LogP contribution is 2.37. The van der Waals surface area contributed by atoms with Crippen LogP contribution >= 0.6 is 11.6 Å². The average Bonchev–Trinajstić information content (AvgIpc) is 3.30. The van der Waals surface area contributed by atoms with Gasteiger partial charge in [0.2, 0.25) is 0 Å². The van der Waals surface area contributed by atoms with Crippen molar-refractivity contribution in [2.75, 3.05) is 50.0 Å². The number of carbonyl (C=O) groups excluding carboxylic acids is 1. The number of anilines is 2. The van der Waals surface area contributed by atoms with Gasteiger partial charge in [0, 0.05) is 37.8 Å². The number of rotatable bonds is 7. The van der Waals surface area contributed by atoms with Crippen molar-refractivity contribution in [3.63, 3.8) is 0 Å². The second-order valence-electron chi connectivity index (χ2n) is 9.20. The highest BCUT2D eigenvalue weighted by atomic mass is 35.5. The van der Waals surface area contributed by atoms with Crippen LogP contribution in [0.4, 0.5) is 11.5 Å². The number of nitrogens with one attached hydrogen (secondary N) is 2. The molecule has 1 aliphatic rings. The minimum Gasteiger partial charge on any atom is -0.495 e. The smallest absolute Gasteiger partial charge is 0.262 e. The molecule has 2 N–H and O–H groups in total. The number of halogens is 1. The van der Waals surface area contributed by atoms with Crippen molar-refractivity contribution in [2.45, 2.75) is 18.2 Å². The molecule has 0 radical (unpaired) electrons. The predicted octanol–water partition coefficient (Wildman–Crippen LogP) is 3.49. The number of imidazole rings is 1. The van der Waals surface area contributed by atoms with Crippen LogP contribution in [-0.4, -0.2) is 79.6 Å². The molecule has 0 bridgehead atoms. The molecule has 1 fully saturated rings. The van der Waals surface area contributed by atoms with E-state index in [-0.39, 0.29) is 32.8 Å². The lowest BCUT2D eigenvalue weighted by molar-refractivity contribution is 0.0766. The Morgan fingerprint density at radius 3 is 2.60 bits per heavy atom. The molecule has 12 nitrogen and oxygen atoms in total. The zero-order valence-corrected chi connectivity index (χ0v) is 23.7. The van der Waals surface area contributed by atoms with Crippen molar-refractivity contribution < 1.29 is 22.7 Å². The zero-order valence-electron chi connectivity index (χ0n) is 22.1. The standard InChI is InChI=1S/C26H28ClN7O5S/c1-16-5-6-17(11-22(16)40(36,37)32-19-12-18(27)20(38-2)13-21(19)39-3)26(35)34-8-4-7-33(9-10-34)25-23-24(29-14-28-23)30-15-31-25/h5-6,11-15,32H,4,7-10H2,1-3H3,(H,28,29,30,31). The fourth-order valence-corrected chi connectivity index (χ4v) is 6.24. The van der Waals surface area contributed by atoms with Crippen molar-refractivity contribution in [3.8, 4) is 11.5 Å². The molecule has 40 heavy (non-hydrogen) atoms. The monoisotopic (exact) mass is 585 g/mol. The summed E-state index contributed by atoms with van der Waals surface area (Å²) in [6.07, 6.45) is 3.76. The van der Waals surface area contributed by atoms with Gasteiger partial charge < -0.3 is 24.3 Å². The summed E-state index contributed by atoms with van der Waals surface area (Å²) in [5, 5.41) is 0.215. The summed E-state index contributed by atoms with van der Waals surface area (Å²) in [6.45, 7) is 3.87. The first-order chi connectivity index (χ1) is 19.2. The van der Waals surface area contributed by atoms with Gasteiger partial charge in [0.15, 0.2) is 11.5 Å². The van der Waals surface area contributed by atoms with Crippen molar-refractivity contribution in [1.29, 1.82) is 0 Å². The molecule has 0 spiro atoms. The minimum atomic E-state index is -4.10. The second kappa shape index (κ2) is 11.2. The third-order valence-corrected chi connectivity index (χ3v) is 8.53. The van der Waals surface area contributed by atoms with E-state index in [1.165, 1.54) is 38.7 Å². The van der Waals surface area contributed by atoms with E-state index in [1.807, 2.05) is 0 Å². The number of ether oxygens (including phenoxy) is 2. The number of aromatic nitrogens is 4. The fourth-order valence-electron chi connectivity index (χ4n) is 4.67. The first-order valence-electron chi connectivity index (χ1n) is 12.4. The summed E-state index contributed by atoms with van der Waals surface area (Å²) in [6, 6.07) is 7.58. The van der Waals surface area contributed by atoms with E-state index >= 15 is 0 Å². The van der Waals surface area contributed by atoms with Crippen molar-refractivity contribution >= 4 is 50.2 Å². The molecule has 1 aliphatic heterocycles. The Morgan fingerprint density at radius 1 is 1.02 bits per heavy atom. The zero-order chi connectivity index (χ0) is 28.4. The van der Waals surface area contributed by atoms with Crippen LogP contribution in [0, 0.1) is 6.92 Å². The van der Waals surface area contributed by atoms with Crippen molar-refractivity contribution in [1.82, 2.24) is 24.8 Å². The number of hydrogen-bond donors (Lipinski definition) is 2. The van der Waals surface area contributed by atoms with Gasteiger partial charge in [0.05, 0.1) is 36.2 Å². The molecule has 0 saturated carbocycles. The molecule has 14 heteroatoms. The third kappa shape index (κ3) is 5.34. The largest absolute Gasteiger partial charge is 0.495 e. The SMILES string of the molecule is COc1cc(OC)c(NS(=O)(=O)c2cc(C(=O)N3CCCN(c4ncnc5nc[nH]c45)CC3)ccc2C)cc1Cl. The second-order valence-corrected chi connectivity index (χ2v) is 11.3. The summed E-state index contributed by atoms with van der Waals surface area (Å²) in [7, 11) is -1.24. The predicted molar refractivity (Wildman–Crippen MR) is 151 cm³/mol. The van der Waals surface area contributed by atoms with Crippen LogP contribution in [-0.2, 0) is 10.0 Å². The Hall–Kier alpha value is -4.10. The van der Waals surface area contributed by atoms with Crippen LogP contribution in [0.3, 0.4) is 0 Å². The van der Waals surface area contributed by atoms with Gasteiger partial charge in [-0.25, -0.2) is 23.4 Å². The van der Waals surface area contributed by atoms with E-state index < -0.39 is 10.0 Å². The lowest BCUT2D eigenvalue weighted by Crippen LogP contribution is -2.35. The lowest BCUT2D eigenvalue weighted by atomic mass is 10.1. The molecule has 1 saturated heterocycles. The fraction of sp³-hybridized carbons (Fsp3) is 0.308. The molecule has 3 heterocycles. The quantitative estimate of drug-likeness (QED) is 0.333. The number of hydrogen-bond acceptors (Lipinski definition) is 9. The Labute approximate surface area is 236 Å². The number of amides is 1. The van der Waals surface area contributed by atoms with Gasteiger partial charge in [0.25, 0.3) is 15.9 Å². The van der Waals surface area contributed by atoms with Gasteiger partial charge in [0.1, 0.15) is 23.3 Å². The summed E-state index contributed by atoms with van der Waals surface area (Å²) < 4.78 is 40.0. The molecular formula is C26H28ClN7O5S. The van der Waals surface area contributed by atoms with E-state index in [0.29, 0.717) is 49.6 Å². The van der Waals surface area contributed by atoms with E-state index in [4.69, 9.17) is 21.1 Å². The lowest BCUT2D eigenvalue weighted by Gasteiger charge is -2.23. The molecule has 0 atom stereocenters. The highest BCUT2D eigenvalue weighted by molar-refractivity contribution is 7.92. The van der Waals surface area contributed by atoms with Gasteiger partial charge in [-0.1, -0.05) is 17.7 Å². The number of aromatic amines is 1. The first kappa shape index (κ1) is 27.5. The van der Waals surface area contributed by atoms with E-state index in [0.717, 1.165) is 11.3 Å². The van der Waals surface area contributed by atoms with Crippen LogP contribution in [0.15, 0.2) is 47.9 Å². The molecule has 0 unspecified atom stereocenters. The van der Waals surface area contributed by atoms with Crippen molar-refractivity contribution in [2.24, 2.45) is 0 Å². The van der Waals surface area contributed by atoms with E-state index in [9.17, 15) is 13.2 Å². The molecule has 5 rings (SSSR count). The van der Waals surface area contributed by atoms with Crippen LogP contribution < -0.4 is 19.1 Å². The summed E-state index contributed by atoms with van der Waals surface area (Å²) in [5.74, 6) is 1.06. The number of carbonyl (C=O) groups is 1. The maximum atomic E-state index is 13.5. The van der Waals surface area contributed by atoms with Crippen molar-refractivity contribution in [3.05, 3.63) is 59.1 Å². The molecule has 1 amide bonds. The summed E-state index contributed by atoms with van der Waals surface area (Å²) in [4.78, 5) is 33.2. The highest BCUT2D eigenvalue weighted by Gasteiger charge is 2.26. The molecule has 2 aromatic carbocycles. The maximum absolute atomic E-state index is 13.5. The topological polar surface area (TPSA) is 143 Å². The number of nitrogens with zero attached hydrogens (tertiary/aromatic N) is 5. The number of methoxy groups -OCH3 is 2. The number of benzene rings is 2. The molecular weight excluding hydrogens is 558 g/mol. The first-order valence-corrected chi connectivity index (χ1v) is 14.3. The number of sulfonamides is 1. The summed E-state index contributed by atoms with van der Waals surface area (Å²) >= 11 is 6.22. The maximum Gasteiger partial charge on any atom is 0.262 e. The van der Waals surface area contributed by atoms with Crippen LogP contribution in [0.5, 0.6) is 11.5 Å². The van der Waals surface area contributed by atoms with E-state index in [1.54, 1.807) is 30.3 Å². The number of aryl methyl sites for hydroxylation is 1. The Morgan fingerprint density at radius 2 is 1.82 bits per heavy atom. The van der Waals surface area contributed by atoms with E-state index in [2.05, 4.69) is 29.6 Å². The van der Waals surface area contributed by atoms with Crippen LogP contribution in [0.25, 0.3) is 11.2 Å². The summed E-state index contributed by atoms with van der Waals surface area (Å²) in [5.41, 5.74) is 2.24. The molecule has 0 aliphatic carbocycles. The van der Waals surface area contributed by atoms with Gasteiger partial charge in [-0.3, -0.25) is 9.52 Å². The van der Waals surface area contributed by atoms with Gasteiger partial charge >= 0.3 is 0 Å². The van der Waals surface area contributed by atoms with Gasteiger partial charge in [-0.2, -0.15) is 0 Å². The number of fused-ring (bicyclic) bond motifs is 1. The van der Waals surface area contributed by atoms with Gasteiger partial charge in [-0.05, 0) is 37.1 Å². The Balaban J connectivity index is 1.36. The van der Waals surface area contributed by atoms with Crippen LogP contribution in [0.2, 0.25) is 5.02 Å². The Bertz CT molecular complexity index is 1680.